The maximum atomic E-state index is 13.0. The molecule has 1 amide bonds. The number of piperazine rings is 1. The lowest BCUT2D eigenvalue weighted by Gasteiger charge is -2.37. The Labute approximate surface area is 165 Å². The van der Waals surface area contributed by atoms with E-state index in [4.69, 9.17) is 0 Å². The number of carbonyl (C=O) groups excluding carboxylic acids is 1. The summed E-state index contributed by atoms with van der Waals surface area (Å²) < 4.78 is 27.3. The van der Waals surface area contributed by atoms with Gasteiger partial charge in [-0.2, -0.15) is 4.31 Å². The van der Waals surface area contributed by atoms with Crippen molar-refractivity contribution < 1.29 is 18.1 Å². The molecule has 1 aliphatic rings. The maximum absolute atomic E-state index is 13.0. The summed E-state index contributed by atoms with van der Waals surface area (Å²) in [6.45, 7) is 10.4. The van der Waals surface area contributed by atoms with Crippen LogP contribution in [0.1, 0.15) is 33.3 Å². The molecule has 0 aliphatic carbocycles. The Morgan fingerprint density at radius 2 is 1.79 bits per heavy atom. The van der Waals surface area contributed by atoms with Crippen molar-refractivity contribution in [2.45, 2.75) is 51.1 Å². The minimum atomic E-state index is -3.85. The molecule has 1 aromatic rings. The number of rotatable bonds is 5. The molecule has 0 spiro atoms. The predicted molar refractivity (Wildman–Crippen MR) is 106 cm³/mol. The van der Waals surface area contributed by atoms with Gasteiger partial charge in [-0.1, -0.05) is 6.07 Å². The summed E-state index contributed by atoms with van der Waals surface area (Å²) in [5, 5.41) is 13.9. The first-order chi connectivity index (χ1) is 12.8. The van der Waals surface area contributed by atoms with Crippen LogP contribution in [0.4, 0.5) is 5.69 Å². The quantitative estimate of drug-likeness (QED) is 0.579. The molecule has 0 radical (unpaired) electrons. The Bertz CT molecular complexity index is 855. The van der Waals surface area contributed by atoms with Gasteiger partial charge in [0.1, 0.15) is 0 Å². The van der Waals surface area contributed by atoms with E-state index in [9.17, 15) is 23.3 Å². The van der Waals surface area contributed by atoms with Crippen molar-refractivity contribution in [1.29, 1.82) is 0 Å². The van der Waals surface area contributed by atoms with Gasteiger partial charge >= 0.3 is 0 Å². The second-order valence-electron chi connectivity index (χ2n) is 8.06. The summed E-state index contributed by atoms with van der Waals surface area (Å²) >= 11 is 0. The minimum Gasteiger partial charge on any atom is -0.350 e. The summed E-state index contributed by atoms with van der Waals surface area (Å²) in [5.74, 6) is -0.0988. The number of nitro benzene ring substituents is 1. The Kier molecular flexibility index (Phi) is 6.47. The molecule has 28 heavy (non-hydrogen) atoms. The van der Waals surface area contributed by atoms with E-state index < -0.39 is 14.9 Å². The maximum Gasteiger partial charge on any atom is 0.270 e. The first-order valence-electron chi connectivity index (χ1n) is 9.14. The molecule has 0 saturated carbocycles. The van der Waals surface area contributed by atoms with Crippen molar-refractivity contribution in [2.24, 2.45) is 0 Å². The van der Waals surface area contributed by atoms with Crippen LogP contribution in [0.25, 0.3) is 0 Å². The predicted octanol–water partition coefficient (Wildman–Crippen LogP) is 1.51. The van der Waals surface area contributed by atoms with E-state index in [2.05, 4.69) is 5.32 Å². The van der Waals surface area contributed by atoms with Crippen molar-refractivity contribution in [3.8, 4) is 0 Å². The first kappa shape index (κ1) is 22.3. The van der Waals surface area contributed by atoms with Crippen LogP contribution >= 0.6 is 0 Å². The largest absolute Gasteiger partial charge is 0.350 e. The Morgan fingerprint density at radius 1 is 1.21 bits per heavy atom. The SMILES string of the molecule is Cc1ccc([N+](=O)[O-])cc1S(=O)(=O)N1CCN([C@H](C)C(=O)NC(C)(C)C)CC1. The summed E-state index contributed by atoms with van der Waals surface area (Å²) in [6.07, 6.45) is 0. The molecule has 0 aromatic heterocycles. The normalized spacial score (nSPS) is 17.9. The van der Waals surface area contributed by atoms with Crippen LogP contribution in [0, 0.1) is 17.0 Å². The molecule has 1 aliphatic heterocycles. The van der Waals surface area contributed by atoms with Crippen molar-refractivity contribution in [1.82, 2.24) is 14.5 Å². The summed E-state index contributed by atoms with van der Waals surface area (Å²) in [7, 11) is -3.85. The Morgan fingerprint density at radius 3 is 2.29 bits per heavy atom. The monoisotopic (exact) mass is 412 g/mol. The summed E-state index contributed by atoms with van der Waals surface area (Å²) in [6, 6.07) is 3.47. The fourth-order valence-corrected chi connectivity index (χ4v) is 4.76. The molecular formula is C18H28N4O5S. The van der Waals surface area contributed by atoms with E-state index in [1.54, 1.807) is 13.8 Å². The molecule has 1 N–H and O–H groups in total. The summed E-state index contributed by atoms with van der Waals surface area (Å²) in [5.41, 5.74) is -0.128. The van der Waals surface area contributed by atoms with Crippen LogP contribution in [0.3, 0.4) is 0 Å². The number of hydrogen-bond acceptors (Lipinski definition) is 6. The van der Waals surface area contributed by atoms with Gasteiger partial charge in [0.05, 0.1) is 15.9 Å². The zero-order valence-electron chi connectivity index (χ0n) is 16.9. The number of non-ortho nitro benzene ring substituents is 1. The van der Waals surface area contributed by atoms with Crippen molar-refractivity contribution in [3.05, 3.63) is 33.9 Å². The third-order valence-electron chi connectivity index (χ3n) is 4.70. The number of nitro groups is 1. The number of hydrogen-bond donors (Lipinski definition) is 1. The van der Waals surface area contributed by atoms with Crippen LogP contribution in [-0.4, -0.2) is 66.2 Å². The average molecular weight is 413 g/mol. The van der Waals surface area contributed by atoms with Gasteiger partial charge in [-0.25, -0.2) is 8.42 Å². The number of nitrogens with one attached hydrogen (secondary N) is 1. The lowest BCUT2D eigenvalue weighted by atomic mass is 10.1. The number of benzene rings is 1. The third kappa shape index (κ3) is 5.06. The van der Waals surface area contributed by atoms with Gasteiger partial charge in [-0.15, -0.1) is 0 Å². The highest BCUT2D eigenvalue weighted by molar-refractivity contribution is 7.89. The topological polar surface area (TPSA) is 113 Å². The Balaban J connectivity index is 2.11. The van der Waals surface area contributed by atoms with Crippen LogP contribution in [0.2, 0.25) is 0 Å². The summed E-state index contributed by atoms with van der Waals surface area (Å²) in [4.78, 5) is 24.6. The third-order valence-corrected chi connectivity index (χ3v) is 6.74. The van der Waals surface area contributed by atoms with Crippen LogP contribution in [-0.2, 0) is 14.8 Å². The molecule has 9 nitrogen and oxygen atoms in total. The van der Waals surface area contributed by atoms with E-state index in [0.29, 0.717) is 18.7 Å². The molecule has 2 rings (SSSR count). The van der Waals surface area contributed by atoms with Gasteiger partial charge in [0.15, 0.2) is 0 Å². The molecular weight excluding hydrogens is 384 g/mol. The smallest absolute Gasteiger partial charge is 0.270 e. The van der Waals surface area contributed by atoms with E-state index in [1.807, 2.05) is 25.7 Å². The first-order valence-corrected chi connectivity index (χ1v) is 10.6. The van der Waals surface area contributed by atoms with Gasteiger partial charge in [-0.05, 0) is 40.2 Å². The fraction of sp³-hybridized carbons (Fsp3) is 0.611. The van der Waals surface area contributed by atoms with E-state index in [-0.39, 0.29) is 41.2 Å². The van der Waals surface area contributed by atoms with Gasteiger partial charge < -0.3 is 5.32 Å². The molecule has 10 heteroatoms. The van der Waals surface area contributed by atoms with Crippen LogP contribution in [0.5, 0.6) is 0 Å². The van der Waals surface area contributed by atoms with Crippen molar-refractivity contribution in [2.75, 3.05) is 26.2 Å². The number of amides is 1. The standard InChI is InChI=1S/C18H28N4O5S/c1-13-6-7-15(22(24)25)12-16(13)28(26,27)21-10-8-20(9-11-21)14(2)17(23)19-18(3,4)5/h6-7,12,14H,8-11H2,1-5H3,(H,19,23)/t14-/m1/s1. The molecule has 0 bridgehead atoms. The fourth-order valence-electron chi connectivity index (χ4n) is 3.09. The molecule has 0 unspecified atom stereocenters. The van der Waals surface area contributed by atoms with Crippen LogP contribution < -0.4 is 5.32 Å². The molecule has 1 fully saturated rings. The van der Waals surface area contributed by atoms with Gasteiger partial charge in [0.2, 0.25) is 15.9 Å². The molecule has 1 heterocycles. The molecule has 1 atom stereocenters. The molecule has 1 saturated heterocycles. The highest BCUT2D eigenvalue weighted by Gasteiger charge is 2.33. The lowest BCUT2D eigenvalue weighted by molar-refractivity contribution is -0.385. The number of nitrogens with zero attached hydrogens (tertiary/aromatic N) is 3. The van der Waals surface area contributed by atoms with Gasteiger partial charge in [0, 0.05) is 43.9 Å². The Hall–Kier alpha value is -2.04. The molecule has 1 aromatic carbocycles. The van der Waals surface area contributed by atoms with Crippen LogP contribution in [0.15, 0.2) is 23.1 Å². The zero-order valence-corrected chi connectivity index (χ0v) is 17.7. The van der Waals surface area contributed by atoms with Gasteiger partial charge in [-0.3, -0.25) is 19.8 Å². The van der Waals surface area contributed by atoms with Crippen molar-refractivity contribution in [3.63, 3.8) is 0 Å². The average Bonchev–Trinajstić information content (AvgIpc) is 2.59. The number of aryl methyl sites for hydroxylation is 1. The van der Waals surface area contributed by atoms with E-state index in [1.165, 1.54) is 16.4 Å². The second-order valence-corrected chi connectivity index (χ2v) is 9.97. The number of carbonyl (C=O) groups is 1. The van der Waals surface area contributed by atoms with Gasteiger partial charge in [0.25, 0.3) is 5.69 Å². The highest BCUT2D eigenvalue weighted by Crippen LogP contribution is 2.25. The second kappa shape index (κ2) is 8.14. The number of sulfonamides is 1. The van der Waals surface area contributed by atoms with E-state index in [0.717, 1.165) is 6.07 Å². The van der Waals surface area contributed by atoms with Crippen molar-refractivity contribution >= 4 is 21.6 Å². The lowest BCUT2D eigenvalue weighted by Crippen LogP contribution is -2.56. The molecule has 156 valence electrons. The minimum absolute atomic E-state index is 0.0475. The van der Waals surface area contributed by atoms with E-state index >= 15 is 0 Å². The highest BCUT2D eigenvalue weighted by atomic mass is 32.2. The zero-order chi connectivity index (χ0) is 21.3.